The second kappa shape index (κ2) is 4.42. The van der Waals surface area contributed by atoms with Gasteiger partial charge in [-0.25, -0.2) is 0 Å². The Bertz CT molecular complexity index is 553. The van der Waals surface area contributed by atoms with Crippen molar-refractivity contribution in [2.75, 3.05) is 11.4 Å². The molecule has 5 nitrogen and oxygen atoms in total. The van der Waals surface area contributed by atoms with Gasteiger partial charge < -0.3 is 14.5 Å². The second-order valence-electron chi connectivity index (χ2n) is 4.51. The number of fused-ring (bicyclic) bond motifs is 1. The van der Waals surface area contributed by atoms with Gasteiger partial charge >= 0.3 is 0 Å². The summed E-state index contributed by atoms with van der Waals surface area (Å²) in [6.07, 6.45) is 0.359. The van der Waals surface area contributed by atoms with Gasteiger partial charge in [0.1, 0.15) is 0 Å². The van der Waals surface area contributed by atoms with Crippen LogP contribution < -0.4 is 4.90 Å². The topological polar surface area (TPSA) is 62.4 Å². The highest BCUT2D eigenvalue weighted by Gasteiger charge is 2.23. The van der Waals surface area contributed by atoms with Crippen LogP contribution in [0, 0.1) is 6.92 Å². The third-order valence-corrected chi connectivity index (χ3v) is 3.21. The van der Waals surface area contributed by atoms with E-state index in [4.69, 9.17) is 4.52 Å². The molecular formula is C13H15N3O2. The molecule has 0 saturated carbocycles. The number of aromatic nitrogens is 2. The number of hydrogen-bond acceptors (Lipinski definition) is 5. The van der Waals surface area contributed by atoms with Crippen LogP contribution in [0.15, 0.2) is 28.8 Å². The molecule has 1 N–H and O–H groups in total. The molecule has 1 unspecified atom stereocenters. The van der Waals surface area contributed by atoms with Crippen molar-refractivity contribution in [1.82, 2.24) is 10.1 Å². The summed E-state index contributed by atoms with van der Waals surface area (Å²) >= 11 is 0. The molecule has 5 heteroatoms. The quantitative estimate of drug-likeness (QED) is 0.874. The number of benzene rings is 1. The van der Waals surface area contributed by atoms with E-state index in [1.165, 1.54) is 0 Å². The van der Waals surface area contributed by atoms with Crippen molar-refractivity contribution in [3.8, 4) is 0 Å². The first-order valence-corrected chi connectivity index (χ1v) is 6.05. The molecular weight excluding hydrogens is 230 g/mol. The molecule has 2 heterocycles. The van der Waals surface area contributed by atoms with Crippen LogP contribution in [-0.2, 0) is 6.54 Å². The standard InChI is InChI=1S/C13H15N3O2/c1-9-14-13(15-18-9)8-16-7-6-12(17)10-4-2-3-5-11(10)16/h2-5,12,17H,6-8H2,1H3. The Morgan fingerprint density at radius 2 is 2.28 bits per heavy atom. The Balaban J connectivity index is 1.88. The van der Waals surface area contributed by atoms with E-state index in [0.717, 1.165) is 24.2 Å². The minimum Gasteiger partial charge on any atom is -0.388 e. The van der Waals surface area contributed by atoms with E-state index in [0.29, 0.717) is 18.3 Å². The smallest absolute Gasteiger partial charge is 0.223 e. The van der Waals surface area contributed by atoms with E-state index in [9.17, 15) is 5.11 Å². The van der Waals surface area contributed by atoms with Crippen LogP contribution >= 0.6 is 0 Å². The Kier molecular flexibility index (Phi) is 2.76. The van der Waals surface area contributed by atoms with E-state index in [-0.39, 0.29) is 6.10 Å². The summed E-state index contributed by atoms with van der Waals surface area (Å²) < 4.78 is 4.98. The highest BCUT2D eigenvalue weighted by Crippen LogP contribution is 2.33. The summed E-state index contributed by atoms with van der Waals surface area (Å²) in [6, 6.07) is 7.91. The predicted molar refractivity (Wildman–Crippen MR) is 66.1 cm³/mol. The molecule has 0 spiro atoms. The zero-order valence-electron chi connectivity index (χ0n) is 10.2. The van der Waals surface area contributed by atoms with E-state index in [1.807, 2.05) is 24.3 Å². The van der Waals surface area contributed by atoms with Gasteiger partial charge in [-0.2, -0.15) is 4.98 Å². The Morgan fingerprint density at radius 1 is 1.44 bits per heavy atom. The largest absolute Gasteiger partial charge is 0.388 e. The van der Waals surface area contributed by atoms with Gasteiger partial charge in [0, 0.05) is 24.7 Å². The van der Waals surface area contributed by atoms with Crippen molar-refractivity contribution >= 4 is 5.69 Å². The van der Waals surface area contributed by atoms with Crippen LogP contribution in [-0.4, -0.2) is 21.8 Å². The fraction of sp³-hybridized carbons (Fsp3) is 0.385. The lowest BCUT2D eigenvalue weighted by molar-refractivity contribution is 0.164. The Hall–Kier alpha value is -1.88. The number of aliphatic hydroxyl groups is 1. The van der Waals surface area contributed by atoms with Crippen LogP contribution in [0.4, 0.5) is 5.69 Å². The number of hydrogen-bond donors (Lipinski definition) is 1. The number of anilines is 1. The van der Waals surface area contributed by atoms with Crippen LogP contribution in [0.3, 0.4) is 0 Å². The van der Waals surface area contributed by atoms with Crippen molar-refractivity contribution in [3.63, 3.8) is 0 Å². The minimum atomic E-state index is -0.371. The van der Waals surface area contributed by atoms with Gasteiger partial charge in [-0.15, -0.1) is 0 Å². The van der Waals surface area contributed by atoms with Gasteiger partial charge in [-0.05, 0) is 12.5 Å². The fourth-order valence-electron chi connectivity index (χ4n) is 2.35. The van der Waals surface area contributed by atoms with Crippen molar-refractivity contribution < 1.29 is 9.63 Å². The molecule has 0 aliphatic carbocycles. The molecule has 0 radical (unpaired) electrons. The molecule has 1 aliphatic heterocycles. The Labute approximate surface area is 105 Å². The number of aliphatic hydroxyl groups excluding tert-OH is 1. The van der Waals surface area contributed by atoms with E-state index < -0.39 is 0 Å². The monoisotopic (exact) mass is 245 g/mol. The highest BCUT2D eigenvalue weighted by atomic mass is 16.5. The molecule has 1 aromatic heterocycles. The van der Waals surface area contributed by atoms with Crippen LogP contribution in [0.25, 0.3) is 0 Å². The number of rotatable bonds is 2. The second-order valence-corrected chi connectivity index (χ2v) is 4.51. The number of aryl methyl sites for hydroxylation is 1. The summed E-state index contributed by atoms with van der Waals surface area (Å²) in [4.78, 5) is 6.39. The zero-order valence-corrected chi connectivity index (χ0v) is 10.2. The van der Waals surface area contributed by atoms with Crippen molar-refractivity contribution in [2.24, 2.45) is 0 Å². The Morgan fingerprint density at radius 3 is 3.06 bits per heavy atom. The number of nitrogens with zero attached hydrogens (tertiary/aromatic N) is 3. The summed E-state index contributed by atoms with van der Waals surface area (Å²) in [5.74, 6) is 1.26. The summed E-state index contributed by atoms with van der Waals surface area (Å²) in [5.41, 5.74) is 2.03. The first-order chi connectivity index (χ1) is 8.74. The van der Waals surface area contributed by atoms with Gasteiger partial charge in [-0.3, -0.25) is 0 Å². The summed E-state index contributed by atoms with van der Waals surface area (Å²) in [7, 11) is 0. The van der Waals surface area contributed by atoms with Crippen LogP contribution in [0.2, 0.25) is 0 Å². The molecule has 0 saturated heterocycles. The normalized spacial score (nSPS) is 18.8. The molecule has 1 atom stereocenters. The molecule has 1 aromatic carbocycles. The van der Waals surface area contributed by atoms with Gasteiger partial charge in [0.05, 0.1) is 12.6 Å². The maximum atomic E-state index is 9.97. The van der Waals surface area contributed by atoms with E-state index in [2.05, 4.69) is 15.0 Å². The van der Waals surface area contributed by atoms with E-state index >= 15 is 0 Å². The summed E-state index contributed by atoms with van der Waals surface area (Å²) in [5, 5.41) is 13.9. The average Bonchev–Trinajstić information content (AvgIpc) is 2.79. The van der Waals surface area contributed by atoms with Gasteiger partial charge in [0.25, 0.3) is 0 Å². The maximum absolute atomic E-state index is 9.97. The first kappa shape index (κ1) is 11.2. The molecule has 94 valence electrons. The average molecular weight is 245 g/mol. The van der Waals surface area contributed by atoms with E-state index in [1.54, 1.807) is 6.92 Å². The molecule has 0 amide bonds. The van der Waals surface area contributed by atoms with Gasteiger partial charge in [0.2, 0.25) is 5.89 Å². The third-order valence-electron chi connectivity index (χ3n) is 3.21. The zero-order chi connectivity index (χ0) is 12.5. The molecule has 3 rings (SSSR count). The highest BCUT2D eigenvalue weighted by molar-refractivity contribution is 5.56. The summed E-state index contributed by atoms with van der Waals surface area (Å²) in [6.45, 7) is 3.19. The van der Waals surface area contributed by atoms with Crippen molar-refractivity contribution in [3.05, 3.63) is 41.5 Å². The fourth-order valence-corrected chi connectivity index (χ4v) is 2.35. The van der Waals surface area contributed by atoms with Gasteiger partial charge in [0.15, 0.2) is 5.82 Å². The lowest BCUT2D eigenvalue weighted by atomic mass is 9.99. The van der Waals surface area contributed by atoms with Crippen molar-refractivity contribution in [1.29, 1.82) is 0 Å². The number of para-hydroxylation sites is 1. The molecule has 0 bridgehead atoms. The lowest BCUT2D eigenvalue weighted by Crippen LogP contribution is -2.31. The van der Waals surface area contributed by atoms with Gasteiger partial charge in [-0.1, -0.05) is 23.4 Å². The first-order valence-electron chi connectivity index (χ1n) is 6.05. The molecule has 18 heavy (non-hydrogen) atoms. The SMILES string of the molecule is Cc1nc(CN2CCC(O)c3ccccc32)no1. The molecule has 2 aromatic rings. The lowest BCUT2D eigenvalue weighted by Gasteiger charge is -2.32. The predicted octanol–water partition coefficient (Wildman–Crippen LogP) is 1.82. The minimum absolute atomic E-state index is 0.371. The van der Waals surface area contributed by atoms with Crippen molar-refractivity contribution in [2.45, 2.75) is 26.0 Å². The van der Waals surface area contributed by atoms with Crippen LogP contribution in [0.5, 0.6) is 0 Å². The van der Waals surface area contributed by atoms with Crippen LogP contribution in [0.1, 0.15) is 29.8 Å². The molecule has 0 fully saturated rings. The third kappa shape index (κ3) is 1.97. The maximum Gasteiger partial charge on any atom is 0.223 e. The molecule has 1 aliphatic rings.